The first kappa shape index (κ1) is 15.7. The normalized spacial score (nSPS) is 12.3. The Bertz CT molecular complexity index is 812. The molecule has 0 radical (unpaired) electrons. The monoisotopic (exact) mass is 324 g/mol. The number of esters is 1. The van der Waals surface area contributed by atoms with Gasteiger partial charge >= 0.3 is 5.97 Å². The third-order valence-corrected chi connectivity index (χ3v) is 3.82. The van der Waals surface area contributed by atoms with Gasteiger partial charge in [0.25, 0.3) is 5.91 Å². The molecular weight excluding hydrogens is 308 g/mol. The molecule has 1 aliphatic heterocycles. The number of rotatable bonds is 4. The number of methoxy groups -OCH3 is 1. The first-order valence-electron chi connectivity index (χ1n) is 7.45. The second-order valence-electron chi connectivity index (χ2n) is 5.47. The average Bonchev–Trinajstić information content (AvgIpc) is 2.98. The summed E-state index contributed by atoms with van der Waals surface area (Å²) < 4.78 is 4.64. The van der Waals surface area contributed by atoms with Crippen LogP contribution in [-0.4, -0.2) is 24.9 Å². The summed E-state index contributed by atoms with van der Waals surface area (Å²) in [5.74, 6) is -0.672. The standard InChI is InChI=1S/C18H16N2O4/c1-24-18(23)12-4-2-11(3-5-12)10-19-17(22)13-6-7-15-14(8-13)9-16(21)20-15/h2-8H,9-10H2,1H3,(H,19,22)(H,20,21). The van der Waals surface area contributed by atoms with Crippen molar-refractivity contribution < 1.29 is 19.1 Å². The molecule has 0 fully saturated rings. The Labute approximate surface area is 138 Å². The highest BCUT2D eigenvalue weighted by Crippen LogP contribution is 2.23. The van der Waals surface area contributed by atoms with Crippen LogP contribution < -0.4 is 10.6 Å². The predicted octanol–water partition coefficient (Wildman–Crippen LogP) is 1.90. The lowest BCUT2D eigenvalue weighted by atomic mass is 10.1. The van der Waals surface area contributed by atoms with Gasteiger partial charge in [-0.1, -0.05) is 12.1 Å². The maximum Gasteiger partial charge on any atom is 0.337 e. The van der Waals surface area contributed by atoms with E-state index in [9.17, 15) is 14.4 Å². The summed E-state index contributed by atoms with van der Waals surface area (Å²) in [5.41, 5.74) is 3.43. The van der Waals surface area contributed by atoms with Gasteiger partial charge in [-0.05, 0) is 41.5 Å². The van der Waals surface area contributed by atoms with Gasteiger partial charge in [0.2, 0.25) is 5.91 Å². The van der Waals surface area contributed by atoms with Crippen LogP contribution in [0.15, 0.2) is 42.5 Å². The molecule has 1 heterocycles. The second-order valence-corrected chi connectivity index (χ2v) is 5.47. The van der Waals surface area contributed by atoms with E-state index in [0.717, 1.165) is 16.8 Å². The summed E-state index contributed by atoms with van der Waals surface area (Å²) in [6, 6.07) is 12.0. The van der Waals surface area contributed by atoms with Gasteiger partial charge in [-0.2, -0.15) is 0 Å². The molecule has 0 spiro atoms. The van der Waals surface area contributed by atoms with Crippen molar-refractivity contribution in [2.24, 2.45) is 0 Å². The highest BCUT2D eigenvalue weighted by Gasteiger charge is 2.19. The molecule has 2 N–H and O–H groups in total. The molecule has 0 aromatic heterocycles. The summed E-state index contributed by atoms with van der Waals surface area (Å²) in [5, 5.41) is 5.55. The molecule has 0 aliphatic carbocycles. The molecule has 122 valence electrons. The number of hydrogen-bond donors (Lipinski definition) is 2. The van der Waals surface area contributed by atoms with Crippen molar-refractivity contribution in [2.45, 2.75) is 13.0 Å². The lowest BCUT2D eigenvalue weighted by Gasteiger charge is -2.07. The van der Waals surface area contributed by atoms with Crippen LogP contribution in [0, 0.1) is 0 Å². The zero-order valence-electron chi connectivity index (χ0n) is 13.1. The molecule has 0 unspecified atom stereocenters. The highest BCUT2D eigenvalue weighted by atomic mass is 16.5. The minimum absolute atomic E-state index is 0.0618. The highest BCUT2D eigenvalue weighted by molar-refractivity contribution is 6.01. The maximum atomic E-state index is 12.2. The Hall–Kier alpha value is -3.15. The van der Waals surface area contributed by atoms with Gasteiger partial charge in [0.1, 0.15) is 0 Å². The van der Waals surface area contributed by atoms with Gasteiger partial charge in [-0.15, -0.1) is 0 Å². The third-order valence-electron chi connectivity index (χ3n) is 3.82. The van der Waals surface area contributed by atoms with E-state index in [1.165, 1.54) is 7.11 Å². The topological polar surface area (TPSA) is 84.5 Å². The van der Waals surface area contributed by atoms with Gasteiger partial charge < -0.3 is 15.4 Å². The number of carbonyl (C=O) groups is 3. The van der Waals surface area contributed by atoms with E-state index in [-0.39, 0.29) is 11.8 Å². The smallest absolute Gasteiger partial charge is 0.337 e. The van der Waals surface area contributed by atoms with E-state index in [0.29, 0.717) is 24.1 Å². The first-order chi connectivity index (χ1) is 11.6. The molecule has 6 nitrogen and oxygen atoms in total. The largest absolute Gasteiger partial charge is 0.465 e. The van der Waals surface area contributed by atoms with Gasteiger partial charge in [-0.3, -0.25) is 9.59 Å². The lowest BCUT2D eigenvalue weighted by molar-refractivity contribution is -0.115. The summed E-state index contributed by atoms with van der Waals surface area (Å²) in [4.78, 5) is 34.9. The van der Waals surface area contributed by atoms with E-state index in [1.54, 1.807) is 42.5 Å². The fraction of sp³-hybridized carbons (Fsp3) is 0.167. The van der Waals surface area contributed by atoms with Crippen molar-refractivity contribution in [3.63, 3.8) is 0 Å². The van der Waals surface area contributed by atoms with E-state index in [2.05, 4.69) is 15.4 Å². The second kappa shape index (κ2) is 6.54. The van der Waals surface area contributed by atoms with Gasteiger partial charge in [0.15, 0.2) is 0 Å². The van der Waals surface area contributed by atoms with Crippen molar-refractivity contribution >= 4 is 23.5 Å². The number of ether oxygens (including phenoxy) is 1. The fourth-order valence-electron chi connectivity index (χ4n) is 2.53. The third kappa shape index (κ3) is 3.27. The van der Waals surface area contributed by atoms with Crippen LogP contribution >= 0.6 is 0 Å². The quantitative estimate of drug-likeness (QED) is 0.841. The Morgan fingerprint density at radius 3 is 2.54 bits per heavy atom. The van der Waals surface area contributed by atoms with E-state index >= 15 is 0 Å². The molecule has 0 saturated carbocycles. The zero-order chi connectivity index (χ0) is 17.1. The van der Waals surface area contributed by atoms with Crippen LogP contribution in [0.2, 0.25) is 0 Å². The molecule has 24 heavy (non-hydrogen) atoms. The summed E-state index contributed by atoms with van der Waals surface area (Å²) in [6.07, 6.45) is 0.297. The molecule has 6 heteroatoms. The Morgan fingerprint density at radius 2 is 1.83 bits per heavy atom. The molecular formula is C18H16N2O4. The molecule has 2 amide bonds. The molecule has 2 aromatic rings. The van der Waals surface area contributed by atoms with Crippen molar-refractivity contribution in [1.29, 1.82) is 0 Å². The number of benzene rings is 2. The zero-order valence-corrected chi connectivity index (χ0v) is 13.1. The predicted molar refractivity (Wildman–Crippen MR) is 87.7 cm³/mol. The maximum absolute atomic E-state index is 12.2. The van der Waals surface area contributed by atoms with E-state index in [1.807, 2.05) is 0 Å². The Kier molecular flexibility index (Phi) is 4.29. The average molecular weight is 324 g/mol. The molecule has 2 aromatic carbocycles. The fourth-order valence-corrected chi connectivity index (χ4v) is 2.53. The summed E-state index contributed by atoms with van der Waals surface area (Å²) in [7, 11) is 1.33. The van der Waals surface area contributed by atoms with E-state index in [4.69, 9.17) is 0 Å². The Morgan fingerprint density at radius 1 is 1.12 bits per heavy atom. The summed E-state index contributed by atoms with van der Waals surface area (Å²) in [6.45, 7) is 0.342. The SMILES string of the molecule is COC(=O)c1ccc(CNC(=O)c2ccc3c(c2)CC(=O)N3)cc1. The molecule has 0 atom stereocenters. The van der Waals surface area contributed by atoms with Crippen molar-refractivity contribution in [3.8, 4) is 0 Å². The first-order valence-corrected chi connectivity index (χ1v) is 7.45. The molecule has 3 rings (SSSR count). The lowest BCUT2D eigenvalue weighted by Crippen LogP contribution is -2.22. The molecule has 1 aliphatic rings. The number of amides is 2. The van der Waals surface area contributed by atoms with Crippen molar-refractivity contribution in [1.82, 2.24) is 5.32 Å². The van der Waals surface area contributed by atoms with Crippen LogP contribution in [0.1, 0.15) is 31.8 Å². The van der Waals surface area contributed by atoms with Gasteiger partial charge in [0.05, 0.1) is 19.1 Å². The van der Waals surface area contributed by atoms with Gasteiger partial charge in [-0.25, -0.2) is 4.79 Å². The van der Waals surface area contributed by atoms with Gasteiger partial charge in [0, 0.05) is 17.8 Å². The van der Waals surface area contributed by atoms with E-state index < -0.39 is 5.97 Å². The number of nitrogens with one attached hydrogen (secondary N) is 2. The van der Waals surface area contributed by atoms with Crippen LogP contribution in [0.25, 0.3) is 0 Å². The van der Waals surface area contributed by atoms with Crippen LogP contribution in [0.4, 0.5) is 5.69 Å². The summed E-state index contributed by atoms with van der Waals surface area (Å²) >= 11 is 0. The van der Waals surface area contributed by atoms with Crippen LogP contribution in [0.3, 0.4) is 0 Å². The number of carbonyl (C=O) groups excluding carboxylic acids is 3. The van der Waals surface area contributed by atoms with Crippen molar-refractivity contribution in [2.75, 3.05) is 12.4 Å². The van der Waals surface area contributed by atoms with Crippen LogP contribution in [0.5, 0.6) is 0 Å². The number of fused-ring (bicyclic) bond motifs is 1. The Balaban J connectivity index is 1.63. The number of anilines is 1. The minimum Gasteiger partial charge on any atom is -0.465 e. The molecule has 0 saturated heterocycles. The van der Waals surface area contributed by atoms with Crippen LogP contribution in [-0.2, 0) is 22.5 Å². The number of hydrogen-bond acceptors (Lipinski definition) is 4. The van der Waals surface area contributed by atoms with Crippen molar-refractivity contribution in [3.05, 3.63) is 64.7 Å². The molecule has 0 bridgehead atoms. The minimum atomic E-state index is -0.396.